The van der Waals surface area contributed by atoms with E-state index < -0.39 is 0 Å². The first-order valence-corrected chi connectivity index (χ1v) is 7.90. The molecule has 0 aliphatic carbocycles. The molecule has 0 radical (unpaired) electrons. The molecule has 110 valence electrons. The second kappa shape index (κ2) is 7.43. The SMILES string of the molecule is CCC1CCSC(=NCc2ccc(OC)cc2OC)N1. The normalized spacial score (nSPS) is 20.6. The molecular weight excluding hydrogens is 272 g/mol. The summed E-state index contributed by atoms with van der Waals surface area (Å²) >= 11 is 1.80. The van der Waals surface area contributed by atoms with Crippen molar-refractivity contribution < 1.29 is 9.47 Å². The number of methoxy groups -OCH3 is 2. The van der Waals surface area contributed by atoms with Gasteiger partial charge in [0, 0.05) is 23.4 Å². The summed E-state index contributed by atoms with van der Waals surface area (Å²) in [4.78, 5) is 4.66. The van der Waals surface area contributed by atoms with Gasteiger partial charge in [-0.25, -0.2) is 0 Å². The predicted molar refractivity (Wildman–Crippen MR) is 85.0 cm³/mol. The summed E-state index contributed by atoms with van der Waals surface area (Å²) in [5, 5.41) is 4.52. The van der Waals surface area contributed by atoms with Gasteiger partial charge in [-0.2, -0.15) is 0 Å². The van der Waals surface area contributed by atoms with Crippen molar-refractivity contribution >= 4 is 16.9 Å². The van der Waals surface area contributed by atoms with E-state index >= 15 is 0 Å². The molecule has 1 aliphatic heterocycles. The highest BCUT2D eigenvalue weighted by Crippen LogP contribution is 2.25. The maximum absolute atomic E-state index is 5.39. The van der Waals surface area contributed by atoms with E-state index in [1.165, 1.54) is 6.42 Å². The number of aliphatic imine (C=N–C) groups is 1. The van der Waals surface area contributed by atoms with Crippen LogP contribution in [0.5, 0.6) is 11.5 Å². The van der Waals surface area contributed by atoms with Crippen LogP contribution in [-0.2, 0) is 6.54 Å². The lowest BCUT2D eigenvalue weighted by atomic mass is 10.2. The van der Waals surface area contributed by atoms with Crippen LogP contribution in [0.4, 0.5) is 0 Å². The van der Waals surface area contributed by atoms with Gasteiger partial charge in [0.15, 0.2) is 5.17 Å². The van der Waals surface area contributed by atoms with Gasteiger partial charge < -0.3 is 14.8 Å². The van der Waals surface area contributed by atoms with Crippen molar-refractivity contribution in [3.63, 3.8) is 0 Å². The van der Waals surface area contributed by atoms with Crippen LogP contribution in [0.25, 0.3) is 0 Å². The zero-order chi connectivity index (χ0) is 14.4. The van der Waals surface area contributed by atoms with Gasteiger partial charge in [-0.15, -0.1) is 0 Å². The number of nitrogens with zero attached hydrogens (tertiary/aromatic N) is 1. The van der Waals surface area contributed by atoms with Gasteiger partial charge in [0.2, 0.25) is 0 Å². The Morgan fingerprint density at radius 3 is 2.90 bits per heavy atom. The molecule has 0 saturated carbocycles. The highest BCUT2D eigenvalue weighted by molar-refractivity contribution is 8.13. The van der Waals surface area contributed by atoms with Gasteiger partial charge in [-0.05, 0) is 25.0 Å². The highest BCUT2D eigenvalue weighted by Gasteiger charge is 2.15. The summed E-state index contributed by atoms with van der Waals surface area (Å²) in [6.07, 6.45) is 2.36. The lowest BCUT2D eigenvalue weighted by Gasteiger charge is -2.24. The van der Waals surface area contributed by atoms with Crippen molar-refractivity contribution in [2.75, 3.05) is 20.0 Å². The van der Waals surface area contributed by atoms with E-state index in [-0.39, 0.29) is 0 Å². The Labute approximate surface area is 125 Å². The molecule has 1 atom stereocenters. The molecule has 0 spiro atoms. The third kappa shape index (κ3) is 3.82. The van der Waals surface area contributed by atoms with E-state index in [2.05, 4.69) is 17.2 Å². The molecule has 1 fully saturated rings. The fourth-order valence-electron chi connectivity index (χ4n) is 2.12. The first kappa shape index (κ1) is 15.0. The van der Waals surface area contributed by atoms with Gasteiger partial charge in [0.05, 0.1) is 20.8 Å². The molecule has 1 N–H and O–H groups in total. The maximum Gasteiger partial charge on any atom is 0.157 e. The Hall–Kier alpha value is -1.36. The van der Waals surface area contributed by atoms with Crippen molar-refractivity contribution in [3.8, 4) is 11.5 Å². The van der Waals surface area contributed by atoms with Crippen molar-refractivity contribution in [1.82, 2.24) is 5.32 Å². The second-order valence-electron chi connectivity index (χ2n) is 4.69. The maximum atomic E-state index is 5.39. The monoisotopic (exact) mass is 294 g/mol. The fraction of sp³-hybridized carbons (Fsp3) is 0.533. The Morgan fingerprint density at radius 2 is 2.20 bits per heavy atom. The molecule has 1 saturated heterocycles. The Morgan fingerprint density at radius 1 is 1.35 bits per heavy atom. The lowest BCUT2D eigenvalue weighted by Crippen LogP contribution is -2.37. The summed E-state index contributed by atoms with van der Waals surface area (Å²) in [6.45, 7) is 2.83. The summed E-state index contributed by atoms with van der Waals surface area (Å²) in [5.74, 6) is 2.76. The molecule has 1 unspecified atom stereocenters. The first-order chi connectivity index (χ1) is 9.76. The summed E-state index contributed by atoms with van der Waals surface area (Å²) in [7, 11) is 3.33. The van der Waals surface area contributed by atoms with Crippen LogP contribution in [0.1, 0.15) is 25.3 Å². The minimum Gasteiger partial charge on any atom is -0.497 e. The topological polar surface area (TPSA) is 42.9 Å². The molecule has 20 heavy (non-hydrogen) atoms. The fourth-order valence-corrected chi connectivity index (χ4v) is 3.12. The van der Waals surface area contributed by atoms with Crippen LogP contribution in [-0.4, -0.2) is 31.2 Å². The molecule has 1 aliphatic rings. The smallest absolute Gasteiger partial charge is 0.157 e. The van der Waals surface area contributed by atoms with Crippen LogP contribution in [0.2, 0.25) is 0 Å². The molecule has 4 nitrogen and oxygen atoms in total. The quantitative estimate of drug-likeness (QED) is 0.906. The number of amidine groups is 1. The second-order valence-corrected chi connectivity index (χ2v) is 5.77. The van der Waals surface area contributed by atoms with E-state index in [1.54, 1.807) is 26.0 Å². The number of benzene rings is 1. The van der Waals surface area contributed by atoms with Gasteiger partial charge in [-0.1, -0.05) is 18.7 Å². The van der Waals surface area contributed by atoms with Crippen molar-refractivity contribution in [2.24, 2.45) is 4.99 Å². The Balaban J connectivity index is 2.06. The number of ether oxygens (including phenoxy) is 2. The molecular formula is C15H22N2O2S. The van der Waals surface area contributed by atoms with Gasteiger partial charge in [0.25, 0.3) is 0 Å². The average molecular weight is 294 g/mol. The highest BCUT2D eigenvalue weighted by atomic mass is 32.2. The van der Waals surface area contributed by atoms with Crippen molar-refractivity contribution in [3.05, 3.63) is 23.8 Å². The Kier molecular flexibility index (Phi) is 5.59. The van der Waals surface area contributed by atoms with Gasteiger partial charge >= 0.3 is 0 Å². The zero-order valence-electron chi connectivity index (χ0n) is 12.3. The average Bonchev–Trinajstić information content (AvgIpc) is 2.52. The van der Waals surface area contributed by atoms with E-state index in [0.717, 1.165) is 34.4 Å². The number of hydrogen-bond donors (Lipinski definition) is 1. The standard InChI is InChI=1S/C15H22N2O2S/c1-4-12-7-8-20-15(17-12)16-10-11-5-6-13(18-2)9-14(11)19-3/h5-6,9,12H,4,7-8,10H2,1-3H3,(H,16,17). The van der Waals surface area contributed by atoms with Crippen LogP contribution < -0.4 is 14.8 Å². The third-order valence-electron chi connectivity index (χ3n) is 3.41. The minimum absolute atomic E-state index is 0.563. The van der Waals surface area contributed by atoms with Gasteiger partial charge in [0.1, 0.15) is 11.5 Å². The summed E-state index contributed by atoms with van der Waals surface area (Å²) in [6, 6.07) is 6.40. The van der Waals surface area contributed by atoms with Crippen LogP contribution in [0.15, 0.2) is 23.2 Å². The van der Waals surface area contributed by atoms with E-state index in [4.69, 9.17) is 9.47 Å². The van der Waals surface area contributed by atoms with Crippen LogP contribution in [0.3, 0.4) is 0 Å². The van der Waals surface area contributed by atoms with Crippen molar-refractivity contribution in [1.29, 1.82) is 0 Å². The van der Waals surface area contributed by atoms with Crippen LogP contribution >= 0.6 is 11.8 Å². The largest absolute Gasteiger partial charge is 0.497 e. The summed E-state index contributed by atoms with van der Waals surface area (Å²) in [5.41, 5.74) is 1.07. The molecule has 0 amide bonds. The number of rotatable bonds is 5. The molecule has 1 aromatic carbocycles. The molecule has 0 aromatic heterocycles. The minimum atomic E-state index is 0.563. The van der Waals surface area contributed by atoms with E-state index in [0.29, 0.717) is 12.6 Å². The van der Waals surface area contributed by atoms with E-state index in [9.17, 15) is 0 Å². The third-order valence-corrected chi connectivity index (χ3v) is 4.37. The zero-order valence-corrected chi connectivity index (χ0v) is 13.1. The predicted octanol–water partition coefficient (Wildman–Crippen LogP) is 3.06. The van der Waals surface area contributed by atoms with Gasteiger partial charge in [-0.3, -0.25) is 4.99 Å². The summed E-state index contributed by atoms with van der Waals surface area (Å²) < 4.78 is 10.6. The number of hydrogen-bond acceptors (Lipinski definition) is 4. The molecule has 1 aromatic rings. The molecule has 5 heteroatoms. The van der Waals surface area contributed by atoms with Crippen LogP contribution in [0, 0.1) is 0 Å². The number of thioether (sulfide) groups is 1. The Bertz CT molecular complexity index is 477. The molecule has 2 rings (SSSR count). The first-order valence-electron chi connectivity index (χ1n) is 6.91. The van der Waals surface area contributed by atoms with E-state index in [1.807, 2.05) is 18.2 Å². The molecule has 0 bridgehead atoms. The lowest BCUT2D eigenvalue weighted by molar-refractivity contribution is 0.391. The van der Waals surface area contributed by atoms with Crippen molar-refractivity contribution in [2.45, 2.75) is 32.4 Å². The molecule has 1 heterocycles. The number of nitrogens with one attached hydrogen (secondary N) is 1.